The molecule has 0 radical (unpaired) electrons. The van der Waals surface area contributed by atoms with E-state index in [1.165, 1.54) is 30.8 Å². The number of rotatable bonds is 7. The largest absolute Gasteiger partial charge is 0.362 e. The van der Waals surface area contributed by atoms with E-state index in [1.54, 1.807) is 4.90 Å². The van der Waals surface area contributed by atoms with Crippen molar-refractivity contribution in [1.82, 2.24) is 5.32 Å². The van der Waals surface area contributed by atoms with Crippen molar-refractivity contribution in [2.45, 2.75) is 34.1 Å². The lowest BCUT2D eigenvalue weighted by Gasteiger charge is -2.16. The maximum Gasteiger partial charge on any atom is 0.170 e. The number of thiocarbonyl (C=S) groups is 1. The van der Waals surface area contributed by atoms with Crippen LogP contribution in [0.4, 0.5) is 5.69 Å². The lowest BCUT2D eigenvalue weighted by atomic mass is 10.1. The number of hydrogen-bond acceptors (Lipinski definition) is 1. The van der Waals surface area contributed by atoms with E-state index in [4.69, 9.17) is 12.2 Å². The summed E-state index contributed by atoms with van der Waals surface area (Å²) in [5, 5.41) is 7.25. The molecule has 0 heterocycles. The monoisotopic (exact) mass is 294 g/mol. The van der Waals surface area contributed by atoms with Gasteiger partial charge in [-0.1, -0.05) is 6.07 Å². The van der Waals surface area contributed by atoms with Crippen molar-refractivity contribution in [2.24, 2.45) is 0 Å². The van der Waals surface area contributed by atoms with Gasteiger partial charge in [-0.15, -0.1) is 0 Å². The van der Waals surface area contributed by atoms with Gasteiger partial charge >= 0.3 is 0 Å². The normalized spacial score (nSPS) is 10.7. The summed E-state index contributed by atoms with van der Waals surface area (Å²) in [6.45, 7) is 13.2. The topological polar surface area (TPSA) is 28.5 Å². The molecule has 0 unspecified atom stereocenters. The maximum absolute atomic E-state index is 5.33. The molecule has 20 heavy (non-hydrogen) atoms. The molecular weight excluding hydrogens is 266 g/mol. The molecule has 0 bridgehead atoms. The van der Waals surface area contributed by atoms with E-state index in [0.29, 0.717) is 5.11 Å². The Morgan fingerprint density at radius 1 is 1.10 bits per heavy atom. The summed E-state index contributed by atoms with van der Waals surface area (Å²) in [6.07, 6.45) is 1.14. The van der Waals surface area contributed by atoms with Crippen LogP contribution >= 0.6 is 12.2 Å². The quantitative estimate of drug-likeness (QED) is 0.530. The van der Waals surface area contributed by atoms with Crippen LogP contribution in [0.5, 0.6) is 0 Å². The van der Waals surface area contributed by atoms with Crippen LogP contribution in [0, 0.1) is 13.8 Å². The van der Waals surface area contributed by atoms with E-state index in [9.17, 15) is 0 Å². The molecule has 1 rings (SSSR count). The number of quaternary nitrogens is 1. The first-order chi connectivity index (χ1) is 9.55. The van der Waals surface area contributed by atoms with E-state index in [-0.39, 0.29) is 0 Å². The van der Waals surface area contributed by atoms with Gasteiger partial charge in [0.15, 0.2) is 5.11 Å². The molecule has 0 aliphatic carbocycles. The summed E-state index contributed by atoms with van der Waals surface area (Å²) in [6, 6.07) is 6.39. The van der Waals surface area contributed by atoms with Crippen molar-refractivity contribution >= 4 is 23.0 Å². The van der Waals surface area contributed by atoms with Gasteiger partial charge in [-0.25, -0.2) is 0 Å². The van der Waals surface area contributed by atoms with Gasteiger partial charge in [-0.2, -0.15) is 0 Å². The summed E-state index contributed by atoms with van der Waals surface area (Å²) < 4.78 is 0. The number of aryl methyl sites for hydroxylation is 2. The predicted octanol–water partition coefficient (Wildman–Crippen LogP) is 1.90. The summed E-state index contributed by atoms with van der Waals surface area (Å²) in [5.41, 5.74) is 3.57. The fraction of sp³-hybridized carbons (Fsp3) is 0.562. The van der Waals surface area contributed by atoms with Crippen LogP contribution in [0.2, 0.25) is 0 Å². The summed E-state index contributed by atoms with van der Waals surface area (Å²) in [7, 11) is 0. The van der Waals surface area contributed by atoms with Crippen molar-refractivity contribution in [3.8, 4) is 0 Å². The molecule has 0 aliphatic rings. The van der Waals surface area contributed by atoms with Gasteiger partial charge in [0.1, 0.15) is 0 Å². The van der Waals surface area contributed by atoms with Crippen LogP contribution in [0.1, 0.15) is 31.4 Å². The summed E-state index contributed by atoms with van der Waals surface area (Å²) in [5.74, 6) is 0. The Morgan fingerprint density at radius 3 is 2.25 bits per heavy atom. The molecule has 0 saturated carbocycles. The molecule has 1 aromatic carbocycles. The van der Waals surface area contributed by atoms with E-state index >= 15 is 0 Å². The molecule has 0 atom stereocenters. The minimum atomic E-state index is 0.713. The minimum absolute atomic E-state index is 0.713. The highest BCUT2D eigenvalue weighted by atomic mass is 32.1. The molecule has 0 aromatic heterocycles. The molecule has 3 N–H and O–H groups in total. The van der Waals surface area contributed by atoms with E-state index in [1.807, 2.05) is 0 Å². The predicted molar refractivity (Wildman–Crippen MR) is 91.7 cm³/mol. The second-order valence-corrected chi connectivity index (χ2v) is 5.73. The van der Waals surface area contributed by atoms with Gasteiger partial charge in [-0.05, 0) is 63.2 Å². The minimum Gasteiger partial charge on any atom is -0.362 e. The number of anilines is 1. The molecule has 112 valence electrons. The molecule has 0 spiro atoms. The zero-order chi connectivity index (χ0) is 15.0. The highest BCUT2D eigenvalue weighted by Gasteiger charge is 2.02. The van der Waals surface area contributed by atoms with Gasteiger partial charge < -0.3 is 15.5 Å². The molecule has 3 nitrogen and oxygen atoms in total. The van der Waals surface area contributed by atoms with Crippen LogP contribution in [0.15, 0.2) is 18.2 Å². The Bertz CT molecular complexity index is 407. The van der Waals surface area contributed by atoms with Gasteiger partial charge in [0.2, 0.25) is 0 Å². The molecule has 1 aromatic rings. The van der Waals surface area contributed by atoms with Crippen LogP contribution in [0.25, 0.3) is 0 Å². The van der Waals surface area contributed by atoms with E-state index in [2.05, 4.69) is 56.5 Å². The average molecular weight is 294 g/mol. The number of hydrogen-bond donors (Lipinski definition) is 3. The third-order valence-corrected chi connectivity index (χ3v) is 3.72. The SMILES string of the molecule is CC[NH+](CC)CCCNC(=S)Nc1cc(C)cc(C)c1. The second kappa shape index (κ2) is 8.93. The summed E-state index contributed by atoms with van der Waals surface area (Å²) >= 11 is 5.33. The van der Waals surface area contributed by atoms with E-state index < -0.39 is 0 Å². The van der Waals surface area contributed by atoms with Crippen LogP contribution in [-0.2, 0) is 0 Å². The standard InChI is InChI=1S/C16H27N3S/c1-5-19(6-2)9-7-8-17-16(20)18-15-11-13(3)10-14(4)12-15/h10-12H,5-9H2,1-4H3,(H2,17,18,20)/p+1. The number of nitrogens with one attached hydrogen (secondary N) is 3. The zero-order valence-corrected chi connectivity index (χ0v) is 14.0. The van der Waals surface area contributed by atoms with Crippen molar-refractivity contribution in [3.63, 3.8) is 0 Å². The van der Waals surface area contributed by atoms with Gasteiger partial charge in [0.25, 0.3) is 0 Å². The fourth-order valence-electron chi connectivity index (χ4n) is 2.37. The highest BCUT2D eigenvalue weighted by Crippen LogP contribution is 2.13. The van der Waals surface area contributed by atoms with Gasteiger partial charge in [0.05, 0.1) is 19.6 Å². The fourth-order valence-corrected chi connectivity index (χ4v) is 2.59. The average Bonchev–Trinajstić information content (AvgIpc) is 2.37. The molecule has 4 heteroatoms. The molecule has 0 aliphatic heterocycles. The summed E-state index contributed by atoms with van der Waals surface area (Å²) in [4.78, 5) is 1.64. The molecular formula is C16H28N3S+. The van der Waals surface area contributed by atoms with Gasteiger partial charge in [-0.3, -0.25) is 0 Å². The third kappa shape index (κ3) is 6.35. The molecule has 0 fully saturated rings. The van der Waals surface area contributed by atoms with Gasteiger partial charge in [0, 0.05) is 18.7 Å². The van der Waals surface area contributed by atoms with E-state index in [0.717, 1.165) is 18.7 Å². The second-order valence-electron chi connectivity index (χ2n) is 5.32. The lowest BCUT2D eigenvalue weighted by Crippen LogP contribution is -3.11. The van der Waals surface area contributed by atoms with Crippen molar-refractivity contribution in [2.75, 3.05) is 31.5 Å². The third-order valence-electron chi connectivity index (χ3n) is 3.47. The van der Waals surface area contributed by atoms with Crippen LogP contribution in [0.3, 0.4) is 0 Å². The highest BCUT2D eigenvalue weighted by molar-refractivity contribution is 7.80. The Balaban J connectivity index is 2.30. The Kier molecular flexibility index (Phi) is 7.55. The Hall–Kier alpha value is -1.13. The van der Waals surface area contributed by atoms with Crippen molar-refractivity contribution in [3.05, 3.63) is 29.3 Å². The Labute approximate surface area is 128 Å². The Morgan fingerprint density at radius 2 is 1.70 bits per heavy atom. The van der Waals surface area contributed by atoms with Crippen molar-refractivity contribution in [1.29, 1.82) is 0 Å². The maximum atomic E-state index is 5.33. The zero-order valence-electron chi connectivity index (χ0n) is 13.2. The first-order valence-corrected chi connectivity index (χ1v) is 7.92. The molecule has 0 amide bonds. The number of benzene rings is 1. The first-order valence-electron chi connectivity index (χ1n) is 7.51. The van der Waals surface area contributed by atoms with Crippen LogP contribution in [-0.4, -0.2) is 31.3 Å². The first kappa shape index (κ1) is 16.9. The van der Waals surface area contributed by atoms with Crippen LogP contribution < -0.4 is 15.5 Å². The molecule has 0 saturated heterocycles. The lowest BCUT2D eigenvalue weighted by molar-refractivity contribution is -0.896. The smallest absolute Gasteiger partial charge is 0.170 e. The van der Waals surface area contributed by atoms with Crippen molar-refractivity contribution < 1.29 is 4.90 Å².